The van der Waals surface area contributed by atoms with Crippen molar-refractivity contribution in [3.63, 3.8) is 0 Å². The van der Waals surface area contributed by atoms with E-state index in [9.17, 15) is 13.2 Å². The number of fused-ring (bicyclic) bond motifs is 5. The molecule has 0 radical (unpaired) electrons. The number of nitrogens with zero attached hydrogens (tertiary/aromatic N) is 5. The van der Waals surface area contributed by atoms with Gasteiger partial charge < -0.3 is 0 Å². The van der Waals surface area contributed by atoms with E-state index >= 15 is 0 Å². The molecule has 0 bridgehead atoms. The van der Waals surface area contributed by atoms with Crippen molar-refractivity contribution in [3.8, 4) is 56.3 Å². The Morgan fingerprint density at radius 2 is 0.615 bits per heavy atom. The topological polar surface area (TPSA) is 19.4 Å². The number of hydrogen-bond donors (Lipinski definition) is 0. The number of hydrogen-bond acceptors (Lipinski definition) is 0. The highest BCUT2D eigenvalue weighted by molar-refractivity contribution is 5.99. The summed E-state index contributed by atoms with van der Waals surface area (Å²) in [5, 5.41) is 13.0. The Morgan fingerprint density at radius 3 is 1.11 bits per heavy atom. The Kier molecular flexibility index (Phi) is 27.2. The molecule has 0 saturated heterocycles. The van der Waals surface area contributed by atoms with Crippen LogP contribution in [0, 0.1) is 63.7 Å². The van der Waals surface area contributed by atoms with Crippen molar-refractivity contribution in [2.75, 3.05) is 0 Å². The minimum absolute atomic E-state index is 0.0346. The molecule has 10 aromatic carbocycles. The van der Waals surface area contributed by atoms with Gasteiger partial charge in [-0.1, -0.05) is 274 Å². The highest BCUT2D eigenvalue weighted by atomic mass is 19.4. The van der Waals surface area contributed by atoms with Crippen LogP contribution in [0.15, 0.2) is 274 Å². The fraction of sp³-hybridized carbons (Fsp3) is 0.342. The van der Waals surface area contributed by atoms with Crippen molar-refractivity contribution >= 4 is 53.9 Å². The first kappa shape index (κ1) is 86.0. The average molecular weight is 1620 g/mol. The number of pyridine rings is 5. The van der Waals surface area contributed by atoms with Gasteiger partial charge in [-0.2, -0.15) is 13.2 Å². The van der Waals surface area contributed by atoms with Gasteiger partial charge in [0, 0.05) is 57.6 Å². The Bertz CT molecular complexity index is 6060. The molecular weight excluding hydrogens is 1500 g/mol. The van der Waals surface area contributed by atoms with Crippen LogP contribution in [-0.4, -0.2) is 6.18 Å². The van der Waals surface area contributed by atoms with Crippen LogP contribution >= 0.6 is 0 Å². The van der Waals surface area contributed by atoms with Crippen LogP contribution in [0.25, 0.3) is 110 Å². The molecule has 624 valence electrons. The number of aromatic nitrogens is 5. The molecule has 5 heterocycles. The van der Waals surface area contributed by atoms with E-state index in [0.717, 1.165) is 51.3 Å². The smallest absolute Gasteiger partial charge is 0.200 e. The number of benzene rings is 10. The first-order valence-corrected chi connectivity index (χ1v) is 45.4. The fourth-order valence-corrected chi connectivity index (χ4v) is 20.6. The molecule has 4 saturated carbocycles. The third-order valence-electron chi connectivity index (χ3n) is 27.5. The van der Waals surface area contributed by atoms with Crippen molar-refractivity contribution in [2.45, 2.75) is 189 Å². The molecular formula is C114H127F3N5+5. The second-order valence-electron chi connectivity index (χ2n) is 37.0. The van der Waals surface area contributed by atoms with Crippen LogP contribution in [0.1, 0.15) is 172 Å². The van der Waals surface area contributed by atoms with E-state index in [2.05, 4.69) is 317 Å². The molecule has 5 nitrogen and oxygen atoms in total. The van der Waals surface area contributed by atoms with Gasteiger partial charge in [0.2, 0.25) is 28.5 Å². The minimum Gasteiger partial charge on any atom is -0.200 e. The zero-order chi connectivity index (χ0) is 85.2. The van der Waals surface area contributed by atoms with Gasteiger partial charge in [-0.3, -0.25) is 0 Å². The molecule has 0 aliphatic heterocycles. The van der Waals surface area contributed by atoms with Crippen LogP contribution in [0.4, 0.5) is 13.2 Å². The van der Waals surface area contributed by atoms with E-state index < -0.39 is 11.6 Å². The number of aryl methyl sites for hydroxylation is 10. The SMILES string of the molecule is Cc1ccc(CC2CCCC2)cc1-c1c2ccccc2cc[n+]1C.Cc1ccccc1-c1c2cc(CC3CCCC3)ccc2cc[n+]1C.Cc1ccccc1-c1c2ccc(CC(C)(C)C(F)(F)F)cc2cc[n+]1C.Cc1ccccc1-c1c2cccc(CC3CCCC3)c2cc[n+]1C.Cc1ccccc1-c1c2ccccc2c(CC2CCCC2)c[n+]1C. The monoisotopic (exact) mass is 1620 g/mol. The summed E-state index contributed by atoms with van der Waals surface area (Å²) in [6.45, 7) is 13.4. The van der Waals surface area contributed by atoms with Crippen LogP contribution in [0.2, 0.25) is 0 Å². The quantitative estimate of drug-likeness (QED) is 0.0912. The van der Waals surface area contributed by atoms with Crippen LogP contribution in [-0.2, 0) is 67.3 Å². The van der Waals surface area contributed by atoms with Gasteiger partial charge >= 0.3 is 6.18 Å². The normalized spacial score (nSPS) is 14.7. The second-order valence-corrected chi connectivity index (χ2v) is 37.0. The third-order valence-corrected chi connectivity index (χ3v) is 27.5. The van der Waals surface area contributed by atoms with Gasteiger partial charge in [-0.25, -0.2) is 22.8 Å². The lowest BCUT2D eigenvalue weighted by Gasteiger charge is -2.27. The van der Waals surface area contributed by atoms with Crippen LogP contribution < -0.4 is 22.8 Å². The van der Waals surface area contributed by atoms with Gasteiger partial charge in [-0.15, -0.1) is 0 Å². The predicted molar refractivity (Wildman–Crippen MR) is 503 cm³/mol. The van der Waals surface area contributed by atoms with Gasteiger partial charge in [0.15, 0.2) is 31.0 Å². The highest BCUT2D eigenvalue weighted by Crippen LogP contribution is 2.43. The lowest BCUT2D eigenvalue weighted by Crippen LogP contribution is -2.34. The fourth-order valence-electron chi connectivity index (χ4n) is 20.6. The number of halogens is 3. The third kappa shape index (κ3) is 19.7. The maximum atomic E-state index is 13.2. The zero-order valence-electron chi connectivity index (χ0n) is 74.5. The van der Waals surface area contributed by atoms with Gasteiger partial charge in [0.05, 0.1) is 32.3 Å². The van der Waals surface area contributed by atoms with Gasteiger partial charge in [0.1, 0.15) is 35.2 Å². The van der Waals surface area contributed by atoms with Crippen molar-refractivity contribution in [1.82, 2.24) is 0 Å². The molecule has 4 aliphatic carbocycles. The van der Waals surface area contributed by atoms with E-state index in [1.807, 2.05) is 49.6 Å². The molecule has 0 unspecified atom stereocenters. The van der Waals surface area contributed by atoms with E-state index in [1.54, 1.807) is 0 Å². The molecule has 0 amide bonds. The molecule has 8 heteroatoms. The molecule has 4 aliphatic rings. The first-order chi connectivity index (χ1) is 59.0. The summed E-state index contributed by atoms with van der Waals surface area (Å²) >= 11 is 0. The van der Waals surface area contributed by atoms with E-state index in [-0.39, 0.29) is 6.42 Å². The van der Waals surface area contributed by atoms with Crippen LogP contribution in [0.3, 0.4) is 0 Å². The Labute approximate surface area is 724 Å². The summed E-state index contributed by atoms with van der Waals surface area (Å²) in [5.41, 5.74) is 24.4. The average Bonchev–Trinajstić information content (AvgIpc) is 1.28. The molecule has 5 aromatic heterocycles. The van der Waals surface area contributed by atoms with E-state index in [4.69, 9.17) is 0 Å². The molecule has 0 N–H and O–H groups in total. The van der Waals surface area contributed by atoms with Crippen molar-refractivity contribution in [2.24, 2.45) is 64.3 Å². The molecule has 4 fully saturated rings. The summed E-state index contributed by atoms with van der Waals surface area (Å²) in [4.78, 5) is 0. The highest BCUT2D eigenvalue weighted by Gasteiger charge is 2.47. The second kappa shape index (κ2) is 38.6. The molecule has 15 aromatic rings. The maximum absolute atomic E-state index is 13.2. The minimum atomic E-state index is -4.22. The maximum Gasteiger partial charge on any atom is 0.394 e. The molecule has 0 atom stereocenters. The van der Waals surface area contributed by atoms with E-state index in [1.165, 1.54) is 275 Å². The first-order valence-electron chi connectivity index (χ1n) is 45.4. The summed E-state index contributed by atoms with van der Waals surface area (Å²) < 4.78 is 50.8. The van der Waals surface area contributed by atoms with Crippen molar-refractivity contribution in [3.05, 3.63) is 329 Å². The lowest BCUT2D eigenvalue weighted by molar-refractivity contribution is -0.659. The zero-order valence-corrected chi connectivity index (χ0v) is 74.5. The van der Waals surface area contributed by atoms with Gasteiger partial charge in [0.25, 0.3) is 0 Å². The Balaban J connectivity index is 0.000000118. The molecule has 19 rings (SSSR count). The van der Waals surface area contributed by atoms with E-state index in [0.29, 0.717) is 5.56 Å². The largest absolute Gasteiger partial charge is 0.394 e. The van der Waals surface area contributed by atoms with Gasteiger partial charge in [-0.05, 0) is 228 Å². The molecule has 122 heavy (non-hydrogen) atoms. The lowest BCUT2D eigenvalue weighted by atomic mass is 9.84. The van der Waals surface area contributed by atoms with Crippen molar-refractivity contribution < 1.29 is 36.0 Å². The summed E-state index contributed by atoms with van der Waals surface area (Å²) in [6, 6.07) is 87.3. The summed E-state index contributed by atoms with van der Waals surface area (Å²) in [6.07, 6.45) is 34.2. The summed E-state index contributed by atoms with van der Waals surface area (Å²) in [5.74, 6) is 3.54. The predicted octanol–water partition coefficient (Wildman–Crippen LogP) is 27.3. The molecule has 0 spiro atoms. The van der Waals surface area contributed by atoms with Crippen molar-refractivity contribution in [1.29, 1.82) is 0 Å². The Morgan fingerprint density at radius 1 is 0.270 bits per heavy atom. The summed E-state index contributed by atoms with van der Waals surface area (Å²) in [7, 11) is 10.7. The number of rotatable bonds is 15. The van der Waals surface area contributed by atoms with Crippen LogP contribution in [0.5, 0.6) is 0 Å². The standard InChI is InChI=1S/4C23H26N.C22H23F3N/c1-17-9-3-6-12-20(17)23-22-14-8-7-13-21(22)19(16-24(23)2)15-18-10-4-5-11-18;1-17-8-3-6-12-20(17)23-22-13-7-11-19(16-18-9-4-5-10-18)21(22)14-15-24(23)2;1-17-7-3-6-10-21(17)23-22-16-19(15-18-8-4-5-9-18)11-12-20(22)13-14-24(23)2;1-17-11-12-19(15-18-7-3-4-8-18)16-22(17)23-21-10-6-5-9-20(21)13-14-24(23)2;1-15-7-5-6-8-18(15)20-19-10-9-16(13-17(19)11-12-26(20)4)14-21(2,3)22(23,24)25/h3,6-9,12-14,16,18H,4-5,10-11,15H2,1-2H3;3,6-8,11-15,18H,4-5,9-10,16H2,1-2H3;3,6-7,10-14,16,18H,4-5,8-9,15H2,1-2H3;5-6,9-14,16,18H,3-4,7-8,15H2,1-2H3;5-13H,14H2,1-4H3/q5*+1. The Hall–Kier alpha value is -11.0. The number of alkyl halides is 3.